The summed E-state index contributed by atoms with van der Waals surface area (Å²) in [5, 5.41) is 7.47. The number of anilines is 1. The van der Waals surface area contributed by atoms with Crippen LogP contribution in [0.2, 0.25) is 0 Å². The second kappa shape index (κ2) is 5.99. The lowest BCUT2D eigenvalue weighted by molar-refractivity contribution is 0.519. The number of nitrogens with one attached hydrogen (secondary N) is 1. The molecule has 0 amide bonds. The van der Waals surface area contributed by atoms with Crippen molar-refractivity contribution in [3.63, 3.8) is 0 Å². The summed E-state index contributed by atoms with van der Waals surface area (Å²) in [4.78, 5) is 4.31. The average Bonchev–Trinajstić information content (AvgIpc) is 2.69. The van der Waals surface area contributed by atoms with Gasteiger partial charge in [-0.05, 0) is 31.4 Å². The molecular weight excluding hydrogens is 243 g/mol. The van der Waals surface area contributed by atoms with E-state index >= 15 is 0 Å². The highest BCUT2D eigenvalue weighted by molar-refractivity contribution is 5.43. The van der Waals surface area contributed by atoms with Gasteiger partial charge in [0, 0.05) is 6.04 Å². The summed E-state index contributed by atoms with van der Waals surface area (Å²) in [5.41, 5.74) is 0.651. The van der Waals surface area contributed by atoms with E-state index in [1.54, 1.807) is 6.07 Å². The maximum Gasteiger partial charge on any atom is 0.243 e. The molecule has 2 rings (SSSR count). The van der Waals surface area contributed by atoms with Crippen LogP contribution in [0.5, 0.6) is 0 Å². The lowest BCUT2D eigenvalue weighted by Gasteiger charge is -2.12. The Balaban J connectivity index is 1.93. The number of aromatic nitrogens is 3. The Labute approximate surface area is 113 Å². The molecule has 0 saturated heterocycles. The van der Waals surface area contributed by atoms with Crippen molar-refractivity contribution < 1.29 is 4.39 Å². The highest BCUT2D eigenvalue weighted by Crippen LogP contribution is 2.12. The fourth-order valence-electron chi connectivity index (χ4n) is 2.04. The third-order valence-corrected chi connectivity index (χ3v) is 3.09. The lowest BCUT2D eigenvalue weighted by Crippen LogP contribution is -2.16. The van der Waals surface area contributed by atoms with Gasteiger partial charge in [-0.15, -0.1) is 5.10 Å². The van der Waals surface area contributed by atoms with E-state index in [-0.39, 0.29) is 5.82 Å². The molecule has 5 heteroatoms. The Bertz CT molecular complexity index is 535. The van der Waals surface area contributed by atoms with Gasteiger partial charge in [0.1, 0.15) is 5.82 Å². The number of fused-ring (bicyclic) bond motifs is 1. The number of pyridine rings is 1. The Morgan fingerprint density at radius 3 is 2.79 bits per heavy atom. The first-order valence-electron chi connectivity index (χ1n) is 6.83. The van der Waals surface area contributed by atoms with E-state index < -0.39 is 0 Å². The van der Waals surface area contributed by atoms with Crippen molar-refractivity contribution >= 4 is 11.6 Å². The van der Waals surface area contributed by atoms with Gasteiger partial charge < -0.3 is 5.32 Å². The molecule has 0 spiro atoms. The predicted octanol–water partition coefficient (Wildman–Crippen LogP) is 3.50. The van der Waals surface area contributed by atoms with Crippen LogP contribution in [-0.4, -0.2) is 20.6 Å². The van der Waals surface area contributed by atoms with Crippen LogP contribution in [0.15, 0.2) is 18.3 Å². The maximum atomic E-state index is 13.0. The summed E-state index contributed by atoms with van der Waals surface area (Å²) in [6.45, 7) is 6.58. The minimum atomic E-state index is -0.311. The Kier molecular flexibility index (Phi) is 4.35. The van der Waals surface area contributed by atoms with Crippen LogP contribution in [-0.2, 0) is 0 Å². The normalized spacial score (nSPS) is 13.1. The quantitative estimate of drug-likeness (QED) is 0.868. The van der Waals surface area contributed by atoms with Gasteiger partial charge in [0.05, 0.1) is 6.20 Å². The van der Waals surface area contributed by atoms with Gasteiger partial charge in [-0.2, -0.15) is 4.98 Å². The first-order valence-corrected chi connectivity index (χ1v) is 6.83. The van der Waals surface area contributed by atoms with Crippen LogP contribution >= 0.6 is 0 Å². The zero-order valence-corrected chi connectivity index (χ0v) is 11.7. The predicted molar refractivity (Wildman–Crippen MR) is 74.7 cm³/mol. The molecule has 2 aromatic rings. The molecule has 0 aliphatic rings. The molecule has 0 aliphatic heterocycles. The molecule has 19 heavy (non-hydrogen) atoms. The molecule has 2 aromatic heterocycles. The number of nitrogens with zero attached hydrogens (tertiary/aromatic N) is 3. The van der Waals surface area contributed by atoms with Crippen molar-refractivity contribution in [2.24, 2.45) is 5.92 Å². The standard InChI is InChI=1S/C14H21FN4/c1-10(2)5-4-6-11(3)16-14-17-13-8-7-12(15)9-19(13)18-14/h7-11H,4-6H2,1-3H3,(H,16,18). The molecule has 4 nitrogen and oxygen atoms in total. The second-order valence-corrected chi connectivity index (χ2v) is 5.46. The zero-order valence-electron chi connectivity index (χ0n) is 11.7. The average molecular weight is 264 g/mol. The van der Waals surface area contributed by atoms with Crippen LogP contribution < -0.4 is 5.32 Å². The molecule has 0 radical (unpaired) electrons. The zero-order chi connectivity index (χ0) is 13.8. The van der Waals surface area contributed by atoms with Gasteiger partial charge in [-0.3, -0.25) is 0 Å². The largest absolute Gasteiger partial charge is 0.350 e. The van der Waals surface area contributed by atoms with E-state index in [4.69, 9.17) is 0 Å². The summed E-state index contributed by atoms with van der Waals surface area (Å²) in [6.07, 6.45) is 4.84. The topological polar surface area (TPSA) is 42.2 Å². The molecule has 0 aromatic carbocycles. The maximum absolute atomic E-state index is 13.0. The third kappa shape index (κ3) is 3.91. The van der Waals surface area contributed by atoms with Gasteiger partial charge >= 0.3 is 0 Å². The number of hydrogen-bond donors (Lipinski definition) is 1. The fourth-order valence-corrected chi connectivity index (χ4v) is 2.04. The molecule has 104 valence electrons. The third-order valence-electron chi connectivity index (χ3n) is 3.09. The summed E-state index contributed by atoms with van der Waals surface area (Å²) in [7, 11) is 0. The van der Waals surface area contributed by atoms with Crippen molar-refractivity contribution in [3.8, 4) is 0 Å². The van der Waals surface area contributed by atoms with E-state index in [9.17, 15) is 4.39 Å². The summed E-state index contributed by atoms with van der Waals surface area (Å²) in [6, 6.07) is 3.33. The molecule has 2 heterocycles. The van der Waals surface area contributed by atoms with Gasteiger partial charge in [0.25, 0.3) is 0 Å². The first-order chi connectivity index (χ1) is 9.04. The monoisotopic (exact) mass is 264 g/mol. The van der Waals surface area contributed by atoms with Crippen LogP contribution in [0.3, 0.4) is 0 Å². The summed E-state index contributed by atoms with van der Waals surface area (Å²) >= 11 is 0. The Morgan fingerprint density at radius 2 is 2.05 bits per heavy atom. The summed E-state index contributed by atoms with van der Waals surface area (Å²) in [5.74, 6) is 0.986. The van der Waals surface area contributed by atoms with Gasteiger partial charge in [0.15, 0.2) is 5.65 Å². The molecule has 1 N–H and O–H groups in total. The molecule has 0 saturated carbocycles. The molecule has 0 bridgehead atoms. The number of rotatable bonds is 6. The highest BCUT2D eigenvalue weighted by Gasteiger charge is 2.08. The van der Waals surface area contributed by atoms with Crippen molar-refractivity contribution in [2.75, 3.05) is 5.32 Å². The van der Waals surface area contributed by atoms with E-state index in [1.807, 2.05) is 0 Å². The molecular formula is C14H21FN4. The van der Waals surface area contributed by atoms with Crippen molar-refractivity contribution in [3.05, 3.63) is 24.1 Å². The Hall–Kier alpha value is -1.65. The van der Waals surface area contributed by atoms with Gasteiger partial charge in [0.2, 0.25) is 5.95 Å². The number of hydrogen-bond acceptors (Lipinski definition) is 3. The molecule has 0 aliphatic carbocycles. The molecule has 1 unspecified atom stereocenters. The van der Waals surface area contributed by atoms with Crippen molar-refractivity contribution in [1.82, 2.24) is 14.6 Å². The number of halogens is 1. The summed E-state index contributed by atoms with van der Waals surface area (Å²) < 4.78 is 14.5. The fraction of sp³-hybridized carbons (Fsp3) is 0.571. The lowest BCUT2D eigenvalue weighted by atomic mass is 10.0. The van der Waals surface area contributed by atoms with Crippen LogP contribution in [0.4, 0.5) is 10.3 Å². The Morgan fingerprint density at radius 1 is 1.26 bits per heavy atom. The minimum absolute atomic E-state index is 0.311. The van der Waals surface area contributed by atoms with Crippen molar-refractivity contribution in [2.45, 2.75) is 46.1 Å². The first kappa shape index (κ1) is 13.8. The van der Waals surface area contributed by atoms with E-state index in [0.29, 0.717) is 17.6 Å². The minimum Gasteiger partial charge on any atom is -0.350 e. The van der Waals surface area contributed by atoms with E-state index in [0.717, 1.165) is 12.3 Å². The molecule has 0 fully saturated rings. The van der Waals surface area contributed by atoms with Crippen LogP contribution in [0.1, 0.15) is 40.0 Å². The van der Waals surface area contributed by atoms with Crippen LogP contribution in [0, 0.1) is 11.7 Å². The van der Waals surface area contributed by atoms with E-state index in [2.05, 4.69) is 36.2 Å². The molecule has 1 atom stereocenters. The van der Waals surface area contributed by atoms with Gasteiger partial charge in [-0.25, -0.2) is 8.91 Å². The SMILES string of the molecule is CC(C)CCCC(C)Nc1nc2ccc(F)cn2n1. The highest BCUT2D eigenvalue weighted by atomic mass is 19.1. The van der Waals surface area contributed by atoms with Gasteiger partial charge in [-0.1, -0.05) is 26.7 Å². The van der Waals surface area contributed by atoms with E-state index in [1.165, 1.54) is 29.6 Å². The smallest absolute Gasteiger partial charge is 0.243 e. The van der Waals surface area contributed by atoms with Crippen LogP contribution in [0.25, 0.3) is 5.65 Å². The van der Waals surface area contributed by atoms with Crippen molar-refractivity contribution in [1.29, 1.82) is 0 Å². The second-order valence-electron chi connectivity index (χ2n) is 5.46.